The van der Waals surface area contributed by atoms with Crippen LogP contribution in [0, 0.1) is 0 Å². The Morgan fingerprint density at radius 3 is 2.54 bits per heavy atom. The molecule has 1 N–H and O–H groups in total. The summed E-state index contributed by atoms with van der Waals surface area (Å²) in [4.78, 5) is 14.5. The van der Waals surface area contributed by atoms with E-state index in [1.54, 1.807) is 0 Å². The van der Waals surface area contributed by atoms with Crippen LogP contribution in [0.4, 0.5) is 5.69 Å². The second-order valence-electron chi connectivity index (χ2n) is 6.43. The maximum atomic E-state index is 12.0. The number of nitrogens with zero attached hydrogens (tertiary/aromatic N) is 1. The van der Waals surface area contributed by atoms with E-state index in [0.717, 1.165) is 33.2 Å². The maximum absolute atomic E-state index is 12.0. The Bertz CT molecular complexity index is 548. The van der Waals surface area contributed by atoms with Gasteiger partial charge in [0.1, 0.15) is 0 Å². The zero-order chi connectivity index (χ0) is 16.8. The number of carbonyl (C=O) groups is 1. The van der Waals surface area contributed by atoms with Gasteiger partial charge in [-0.2, -0.15) is 0 Å². The van der Waals surface area contributed by atoms with E-state index in [1.165, 1.54) is 32.1 Å². The molecule has 0 radical (unpaired) electrons. The number of benzene rings is 1. The van der Waals surface area contributed by atoms with Gasteiger partial charge in [-0.1, -0.05) is 42.1 Å². The average molecular weight is 483 g/mol. The average Bonchev–Trinajstić information content (AvgIpc) is 2.52. The first-order valence-corrected chi connectivity index (χ1v) is 10.1. The molecule has 2 rings (SSSR count). The molecule has 3 nitrogen and oxygen atoms in total. The molecule has 0 spiro atoms. The Labute approximate surface area is 168 Å². The Kier molecular flexibility index (Phi) is 9.87. The quantitative estimate of drug-likeness (QED) is 0.528. The summed E-state index contributed by atoms with van der Waals surface area (Å²) in [5.41, 5.74) is 2.07. The molecule has 1 amide bonds. The van der Waals surface area contributed by atoms with Crippen molar-refractivity contribution in [1.29, 1.82) is 0 Å². The van der Waals surface area contributed by atoms with Crippen molar-refractivity contribution in [1.82, 2.24) is 4.90 Å². The first kappa shape index (κ1) is 21.9. The zero-order valence-electron chi connectivity index (χ0n) is 14.4. The maximum Gasteiger partial charge on any atom is 0.224 e. The van der Waals surface area contributed by atoms with Gasteiger partial charge in [0.15, 0.2) is 0 Å². The second-order valence-corrected chi connectivity index (χ2v) is 8.20. The summed E-state index contributed by atoms with van der Waals surface area (Å²) in [5, 5.41) is 3.08. The molecule has 0 aliphatic heterocycles. The van der Waals surface area contributed by atoms with Crippen molar-refractivity contribution in [3.05, 3.63) is 26.6 Å². The Morgan fingerprint density at radius 1 is 1.25 bits per heavy atom. The smallest absolute Gasteiger partial charge is 0.224 e. The van der Waals surface area contributed by atoms with Crippen molar-refractivity contribution in [2.24, 2.45) is 0 Å². The van der Waals surface area contributed by atoms with Crippen LogP contribution < -0.4 is 5.32 Å². The summed E-state index contributed by atoms with van der Waals surface area (Å²) in [6.45, 7) is 2.87. The van der Waals surface area contributed by atoms with Crippen LogP contribution in [0.1, 0.15) is 57.4 Å². The molecule has 6 heteroatoms. The molecule has 1 fully saturated rings. The number of hydrogen-bond acceptors (Lipinski definition) is 2. The molecular formula is C18H27Br2ClN2O. The summed E-state index contributed by atoms with van der Waals surface area (Å²) in [5.74, 6) is 0.0806. The van der Waals surface area contributed by atoms with Gasteiger partial charge in [0.05, 0.1) is 5.69 Å². The predicted molar refractivity (Wildman–Crippen MR) is 111 cm³/mol. The van der Waals surface area contributed by atoms with Gasteiger partial charge in [0.25, 0.3) is 0 Å². The van der Waals surface area contributed by atoms with Crippen molar-refractivity contribution in [2.45, 2.75) is 64.5 Å². The molecule has 1 aromatic carbocycles. The molecule has 0 atom stereocenters. The number of carbonyl (C=O) groups excluding carboxylic acids is 1. The summed E-state index contributed by atoms with van der Waals surface area (Å²) in [7, 11) is 2.20. The molecular weight excluding hydrogens is 455 g/mol. The molecule has 0 aromatic heterocycles. The highest BCUT2D eigenvalue weighted by Gasteiger charge is 2.20. The van der Waals surface area contributed by atoms with Crippen molar-refractivity contribution in [3.8, 4) is 0 Å². The highest BCUT2D eigenvalue weighted by atomic mass is 79.9. The lowest BCUT2D eigenvalue weighted by Gasteiger charge is -2.32. The number of hydrogen-bond donors (Lipinski definition) is 1. The van der Waals surface area contributed by atoms with Gasteiger partial charge in [-0.15, -0.1) is 12.4 Å². The number of rotatable bonds is 6. The fourth-order valence-corrected chi connectivity index (χ4v) is 4.65. The Morgan fingerprint density at radius 2 is 1.92 bits per heavy atom. The van der Waals surface area contributed by atoms with Crippen LogP contribution in [-0.2, 0) is 11.3 Å². The number of anilines is 1. The van der Waals surface area contributed by atoms with Crippen LogP contribution >= 0.6 is 44.3 Å². The highest BCUT2D eigenvalue weighted by molar-refractivity contribution is 9.11. The van der Waals surface area contributed by atoms with E-state index in [-0.39, 0.29) is 18.3 Å². The lowest BCUT2D eigenvalue weighted by molar-refractivity contribution is -0.116. The van der Waals surface area contributed by atoms with Crippen LogP contribution in [0.5, 0.6) is 0 Å². The van der Waals surface area contributed by atoms with Crippen LogP contribution in [0.2, 0.25) is 0 Å². The molecule has 0 heterocycles. The minimum atomic E-state index is 0. The van der Waals surface area contributed by atoms with Gasteiger partial charge >= 0.3 is 0 Å². The van der Waals surface area contributed by atoms with Crippen molar-refractivity contribution in [2.75, 3.05) is 12.4 Å². The van der Waals surface area contributed by atoms with E-state index in [0.29, 0.717) is 12.5 Å². The van der Waals surface area contributed by atoms with Gasteiger partial charge in [0, 0.05) is 28.0 Å². The monoisotopic (exact) mass is 480 g/mol. The van der Waals surface area contributed by atoms with E-state index < -0.39 is 0 Å². The fraction of sp³-hybridized carbons (Fsp3) is 0.611. The SMILES string of the molecule is CCCC(=O)Nc1c(Br)cc(Br)cc1CN(C)C1CCCCC1.Cl. The number of amides is 1. The van der Waals surface area contributed by atoms with Crippen LogP contribution in [0.15, 0.2) is 21.1 Å². The summed E-state index contributed by atoms with van der Waals surface area (Å²) < 4.78 is 1.97. The predicted octanol–water partition coefficient (Wildman–Crippen LogP) is 6.14. The Hall–Kier alpha value is -0.100. The fourth-order valence-electron chi connectivity index (χ4n) is 3.24. The minimum absolute atomic E-state index is 0. The van der Waals surface area contributed by atoms with Crippen molar-refractivity contribution in [3.63, 3.8) is 0 Å². The molecule has 0 unspecified atom stereocenters. The summed E-state index contributed by atoms with van der Waals surface area (Å²) in [6, 6.07) is 4.76. The molecule has 1 aliphatic rings. The van der Waals surface area contributed by atoms with E-state index in [1.807, 2.05) is 13.0 Å². The first-order chi connectivity index (χ1) is 11.0. The molecule has 136 valence electrons. The molecule has 1 aromatic rings. The minimum Gasteiger partial charge on any atom is -0.325 e. The van der Waals surface area contributed by atoms with E-state index in [9.17, 15) is 4.79 Å². The highest BCUT2D eigenvalue weighted by Crippen LogP contribution is 2.33. The summed E-state index contributed by atoms with van der Waals surface area (Å²) >= 11 is 7.17. The van der Waals surface area contributed by atoms with E-state index in [4.69, 9.17) is 0 Å². The van der Waals surface area contributed by atoms with Gasteiger partial charge < -0.3 is 5.32 Å². The standard InChI is InChI=1S/C18H26Br2N2O.ClH/c1-3-7-17(23)21-18-13(10-14(19)11-16(18)20)12-22(2)15-8-5-4-6-9-15;/h10-11,15H,3-9,12H2,1-2H3,(H,21,23);1H. The van der Waals surface area contributed by atoms with Crippen LogP contribution in [0.25, 0.3) is 0 Å². The van der Waals surface area contributed by atoms with Gasteiger partial charge in [-0.25, -0.2) is 0 Å². The molecule has 24 heavy (non-hydrogen) atoms. The zero-order valence-corrected chi connectivity index (χ0v) is 18.4. The third-order valence-corrected chi connectivity index (χ3v) is 5.58. The van der Waals surface area contributed by atoms with Crippen molar-refractivity contribution < 1.29 is 4.79 Å². The van der Waals surface area contributed by atoms with Crippen LogP contribution in [-0.4, -0.2) is 23.9 Å². The van der Waals surface area contributed by atoms with Gasteiger partial charge in [-0.05, 0) is 59.9 Å². The third kappa shape index (κ3) is 6.32. The van der Waals surface area contributed by atoms with E-state index >= 15 is 0 Å². The lowest BCUT2D eigenvalue weighted by Crippen LogP contribution is -2.33. The Balaban J connectivity index is 0.00000288. The summed E-state index contributed by atoms with van der Waals surface area (Å²) in [6.07, 6.45) is 8.00. The molecule has 1 aliphatic carbocycles. The molecule has 0 saturated heterocycles. The molecule has 1 saturated carbocycles. The van der Waals surface area contributed by atoms with E-state index in [2.05, 4.69) is 55.2 Å². The van der Waals surface area contributed by atoms with Gasteiger partial charge in [0.2, 0.25) is 5.91 Å². The van der Waals surface area contributed by atoms with Crippen molar-refractivity contribution >= 4 is 55.9 Å². The second kappa shape index (κ2) is 10.8. The van der Waals surface area contributed by atoms with Gasteiger partial charge in [-0.3, -0.25) is 9.69 Å². The first-order valence-electron chi connectivity index (χ1n) is 8.49. The largest absolute Gasteiger partial charge is 0.325 e. The number of nitrogens with one attached hydrogen (secondary N) is 1. The topological polar surface area (TPSA) is 32.3 Å². The lowest BCUT2D eigenvalue weighted by atomic mass is 9.94. The third-order valence-electron chi connectivity index (χ3n) is 4.50. The van der Waals surface area contributed by atoms with Crippen LogP contribution in [0.3, 0.4) is 0 Å². The normalized spacial score (nSPS) is 15.2. The molecule has 0 bridgehead atoms. The number of halogens is 3.